The molecule has 1 saturated heterocycles. The molecule has 1 atom stereocenters. The number of carbonyl (C=O) groups is 2. The molecule has 1 aromatic rings. The van der Waals surface area contributed by atoms with Crippen molar-refractivity contribution in [1.82, 2.24) is 19.7 Å². The van der Waals surface area contributed by atoms with Crippen LogP contribution in [-0.2, 0) is 22.7 Å². The highest BCUT2D eigenvalue weighted by Crippen LogP contribution is 2.21. The van der Waals surface area contributed by atoms with Gasteiger partial charge < -0.3 is 10.0 Å². The van der Waals surface area contributed by atoms with E-state index in [1.807, 2.05) is 0 Å². The second-order valence-corrected chi connectivity index (χ2v) is 5.17. The second kappa shape index (κ2) is 5.38. The quantitative estimate of drug-likeness (QED) is 0.838. The highest BCUT2D eigenvalue weighted by molar-refractivity contribution is 5.87. The second-order valence-electron chi connectivity index (χ2n) is 5.17. The Hall–Kier alpha value is -1.92. The topological polar surface area (TPSA) is 88.3 Å². The molecule has 0 saturated carbocycles. The number of nitrogens with zero attached hydrogens (tertiary/aromatic N) is 4. The number of hydrogen-bond donors (Lipinski definition) is 1. The molecule has 0 aromatic carbocycles. The molecule has 1 aliphatic heterocycles. The molecule has 1 amide bonds. The zero-order valence-corrected chi connectivity index (χ0v) is 11.1. The van der Waals surface area contributed by atoms with Gasteiger partial charge in [-0.05, 0) is 12.3 Å². The Morgan fingerprint density at radius 3 is 2.95 bits per heavy atom. The van der Waals surface area contributed by atoms with E-state index in [1.54, 1.807) is 4.68 Å². The number of aromatic nitrogens is 3. The lowest BCUT2D eigenvalue weighted by Crippen LogP contribution is -2.38. The molecule has 0 spiro atoms. The summed E-state index contributed by atoms with van der Waals surface area (Å²) in [5, 5.41) is 13.2. The van der Waals surface area contributed by atoms with Crippen molar-refractivity contribution in [3.05, 3.63) is 12.2 Å². The van der Waals surface area contributed by atoms with Gasteiger partial charge in [-0.1, -0.05) is 13.8 Å². The standard InChI is InChI=1S/C12H18N4O3/c1-8(2)5-16-10(13-7-14-16)6-15-9(12(18)19)3-4-11(15)17/h7-9H,3-6H2,1-2H3,(H,18,19). The molecular formula is C12H18N4O3. The van der Waals surface area contributed by atoms with Crippen LogP contribution in [0, 0.1) is 5.92 Å². The predicted octanol–water partition coefficient (Wildman–Crippen LogP) is 0.510. The third-order valence-corrected chi connectivity index (χ3v) is 3.16. The van der Waals surface area contributed by atoms with E-state index in [2.05, 4.69) is 23.9 Å². The van der Waals surface area contributed by atoms with E-state index in [-0.39, 0.29) is 18.9 Å². The highest BCUT2D eigenvalue weighted by Gasteiger charge is 2.36. The molecule has 7 nitrogen and oxygen atoms in total. The summed E-state index contributed by atoms with van der Waals surface area (Å²) in [5.74, 6) is -0.0486. The van der Waals surface area contributed by atoms with E-state index in [4.69, 9.17) is 5.11 Å². The van der Waals surface area contributed by atoms with Crippen molar-refractivity contribution in [3.8, 4) is 0 Å². The zero-order chi connectivity index (χ0) is 14.0. The maximum Gasteiger partial charge on any atom is 0.326 e. The van der Waals surface area contributed by atoms with Crippen molar-refractivity contribution >= 4 is 11.9 Å². The van der Waals surface area contributed by atoms with Crippen molar-refractivity contribution in [3.63, 3.8) is 0 Å². The van der Waals surface area contributed by atoms with Gasteiger partial charge in [-0.25, -0.2) is 14.5 Å². The summed E-state index contributed by atoms with van der Waals surface area (Å²) in [5.41, 5.74) is 0. The lowest BCUT2D eigenvalue weighted by Gasteiger charge is -2.21. The Labute approximate surface area is 111 Å². The molecule has 1 N–H and O–H groups in total. The number of amides is 1. The van der Waals surface area contributed by atoms with Gasteiger partial charge in [0.1, 0.15) is 18.2 Å². The first-order valence-corrected chi connectivity index (χ1v) is 6.38. The van der Waals surface area contributed by atoms with Gasteiger partial charge in [0.15, 0.2) is 0 Å². The minimum atomic E-state index is -0.958. The average Bonchev–Trinajstić information content (AvgIpc) is 2.88. The molecule has 1 fully saturated rings. The number of hydrogen-bond acceptors (Lipinski definition) is 4. The number of rotatable bonds is 5. The van der Waals surface area contributed by atoms with Crippen molar-refractivity contribution in [2.24, 2.45) is 5.92 Å². The van der Waals surface area contributed by atoms with E-state index in [0.717, 1.165) is 0 Å². The molecule has 1 aliphatic rings. The Morgan fingerprint density at radius 1 is 1.58 bits per heavy atom. The summed E-state index contributed by atoms with van der Waals surface area (Å²) in [6, 6.07) is -0.739. The molecule has 19 heavy (non-hydrogen) atoms. The smallest absolute Gasteiger partial charge is 0.326 e. The Kier molecular flexibility index (Phi) is 3.82. The van der Waals surface area contributed by atoms with Crippen LogP contribution in [0.4, 0.5) is 0 Å². The van der Waals surface area contributed by atoms with E-state index in [1.165, 1.54) is 11.2 Å². The van der Waals surface area contributed by atoms with Crippen LogP contribution < -0.4 is 0 Å². The average molecular weight is 266 g/mol. The number of aliphatic carboxylic acids is 1. The maximum atomic E-state index is 11.8. The van der Waals surface area contributed by atoms with Gasteiger partial charge in [0.05, 0.1) is 6.54 Å². The molecule has 7 heteroatoms. The van der Waals surface area contributed by atoms with Crippen LogP contribution in [0.2, 0.25) is 0 Å². The van der Waals surface area contributed by atoms with Crippen LogP contribution in [0.3, 0.4) is 0 Å². The summed E-state index contributed by atoms with van der Waals surface area (Å²) < 4.78 is 1.73. The van der Waals surface area contributed by atoms with Crippen molar-refractivity contribution in [2.45, 2.75) is 45.8 Å². The lowest BCUT2D eigenvalue weighted by atomic mass is 10.2. The van der Waals surface area contributed by atoms with Crippen LogP contribution in [0.1, 0.15) is 32.5 Å². The van der Waals surface area contributed by atoms with Gasteiger partial charge in [0.25, 0.3) is 0 Å². The monoisotopic (exact) mass is 266 g/mol. The largest absolute Gasteiger partial charge is 0.480 e. The maximum absolute atomic E-state index is 11.8. The fourth-order valence-corrected chi connectivity index (χ4v) is 2.25. The summed E-state index contributed by atoms with van der Waals surface area (Å²) in [6.07, 6.45) is 2.09. The molecule has 0 aliphatic carbocycles. The van der Waals surface area contributed by atoms with Gasteiger partial charge in [0.2, 0.25) is 5.91 Å². The third-order valence-electron chi connectivity index (χ3n) is 3.16. The van der Waals surface area contributed by atoms with Gasteiger partial charge in [-0.2, -0.15) is 5.10 Å². The van der Waals surface area contributed by atoms with E-state index in [9.17, 15) is 9.59 Å². The van der Waals surface area contributed by atoms with E-state index < -0.39 is 12.0 Å². The fraction of sp³-hybridized carbons (Fsp3) is 0.667. The van der Waals surface area contributed by atoms with Gasteiger partial charge in [-0.15, -0.1) is 0 Å². The van der Waals surface area contributed by atoms with Crippen LogP contribution >= 0.6 is 0 Å². The molecule has 2 rings (SSSR count). The summed E-state index contributed by atoms with van der Waals surface area (Å²) in [4.78, 5) is 28.4. The molecule has 104 valence electrons. The lowest BCUT2D eigenvalue weighted by molar-refractivity contribution is -0.146. The van der Waals surface area contributed by atoms with Gasteiger partial charge in [0, 0.05) is 13.0 Å². The number of carboxylic acid groups (broad SMARTS) is 1. The Bertz CT molecular complexity index is 483. The highest BCUT2D eigenvalue weighted by atomic mass is 16.4. The molecule has 0 bridgehead atoms. The first kappa shape index (κ1) is 13.5. The summed E-state index contributed by atoms with van der Waals surface area (Å²) in [6.45, 7) is 5.04. The number of likely N-dealkylation sites (tertiary alicyclic amines) is 1. The number of carbonyl (C=O) groups excluding carboxylic acids is 1. The minimum Gasteiger partial charge on any atom is -0.480 e. The predicted molar refractivity (Wildman–Crippen MR) is 66.1 cm³/mol. The SMILES string of the molecule is CC(C)Cn1ncnc1CN1C(=O)CCC1C(=O)O. The van der Waals surface area contributed by atoms with Crippen LogP contribution in [0.5, 0.6) is 0 Å². The van der Waals surface area contributed by atoms with Gasteiger partial charge >= 0.3 is 5.97 Å². The van der Waals surface area contributed by atoms with E-state index >= 15 is 0 Å². The first-order valence-electron chi connectivity index (χ1n) is 6.38. The first-order chi connectivity index (χ1) is 8.99. The van der Waals surface area contributed by atoms with Crippen molar-refractivity contribution in [1.29, 1.82) is 0 Å². The van der Waals surface area contributed by atoms with Crippen molar-refractivity contribution < 1.29 is 14.7 Å². The molecule has 0 radical (unpaired) electrons. The minimum absolute atomic E-state index is 0.133. The summed E-state index contributed by atoms with van der Waals surface area (Å²) >= 11 is 0. The van der Waals surface area contributed by atoms with Gasteiger partial charge in [-0.3, -0.25) is 4.79 Å². The number of carboxylic acids is 1. The zero-order valence-electron chi connectivity index (χ0n) is 11.1. The van der Waals surface area contributed by atoms with Crippen LogP contribution in [0.15, 0.2) is 6.33 Å². The Morgan fingerprint density at radius 2 is 2.32 bits per heavy atom. The summed E-state index contributed by atoms with van der Waals surface area (Å²) in [7, 11) is 0. The molecule has 1 aromatic heterocycles. The van der Waals surface area contributed by atoms with Crippen LogP contribution in [0.25, 0.3) is 0 Å². The van der Waals surface area contributed by atoms with Crippen molar-refractivity contribution in [2.75, 3.05) is 0 Å². The Balaban J connectivity index is 2.13. The molecule has 1 unspecified atom stereocenters. The normalized spacial score (nSPS) is 19.4. The molecular weight excluding hydrogens is 248 g/mol. The third kappa shape index (κ3) is 2.91. The fourth-order valence-electron chi connectivity index (χ4n) is 2.25. The molecule has 2 heterocycles. The van der Waals surface area contributed by atoms with Crippen LogP contribution in [-0.4, -0.2) is 42.7 Å². The van der Waals surface area contributed by atoms with E-state index in [0.29, 0.717) is 24.7 Å².